The number of fused-ring (bicyclic) bond motifs is 1. The van der Waals surface area contributed by atoms with E-state index in [1.54, 1.807) is 12.1 Å². The largest absolute Gasteiger partial charge is 0.416 e. The highest BCUT2D eigenvalue weighted by Gasteiger charge is 2.31. The van der Waals surface area contributed by atoms with Crippen molar-refractivity contribution in [2.75, 3.05) is 12.3 Å². The van der Waals surface area contributed by atoms with Gasteiger partial charge in [0, 0.05) is 6.54 Å². The van der Waals surface area contributed by atoms with Gasteiger partial charge in [0.05, 0.1) is 28.9 Å². The summed E-state index contributed by atoms with van der Waals surface area (Å²) in [5, 5.41) is 3.27. The highest BCUT2D eigenvalue weighted by atomic mass is 32.2. The van der Waals surface area contributed by atoms with E-state index in [-0.39, 0.29) is 23.0 Å². The number of thioether (sulfide) groups is 1. The molecule has 34 heavy (non-hydrogen) atoms. The summed E-state index contributed by atoms with van der Waals surface area (Å²) in [7, 11) is 0. The minimum atomic E-state index is -4.46. The van der Waals surface area contributed by atoms with E-state index in [2.05, 4.69) is 10.3 Å². The van der Waals surface area contributed by atoms with Crippen molar-refractivity contribution >= 4 is 28.7 Å². The third kappa shape index (κ3) is 5.96. The minimum Gasteiger partial charge on any atom is -0.355 e. The van der Waals surface area contributed by atoms with Crippen molar-refractivity contribution in [3.05, 3.63) is 95.3 Å². The second-order valence-electron chi connectivity index (χ2n) is 7.68. The van der Waals surface area contributed by atoms with Crippen LogP contribution in [-0.4, -0.2) is 27.8 Å². The molecule has 1 N–H and O–H groups in total. The van der Waals surface area contributed by atoms with Crippen LogP contribution in [0.25, 0.3) is 11.0 Å². The number of hydrogen-bond donors (Lipinski definition) is 1. The van der Waals surface area contributed by atoms with E-state index in [0.29, 0.717) is 30.2 Å². The summed E-state index contributed by atoms with van der Waals surface area (Å²) in [5.41, 5.74) is 1.90. The molecular weight excluding hydrogens is 466 g/mol. The van der Waals surface area contributed by atoms with Crippen LogP contribution >= 0.6 is 11.8 Å². The van der Waals surface area contributed by atoms with E-state index in [9.17, 15) is 22.4 Å². The van der Waals surface area contributed by atoms with Gasteiger partial charge in [-0.15, -0.1) is 0 Å². The number of alkyl halides is 3. The zero-order valence-electron chi connectivity index (χ0n) is 18.0. The van der Waals surface area contributed by atoms with E-state index < -0.39 is 11.7 Å². The Hall–Kier alpha value is -3.33. The third-order valence-corrected chi connectivity index (χ3v) is 6.18. The Kier molecular flexibility index (Phi) is 7.21. The van der Waals surface area contributed by atoms with Gasteiger partial charge in [-0.05, 0) is 47.9 Å². The molecule has 4 aromatic rings. The van der Waals surface area contributed by atoms with Crippen LogP contribution in [0.2, 0.25) is 0 Å². The van der Waals surface area contributed by atoms with Crippen molar-refractivity contribution in [3.8, 4) is 0 Å². The Morgan fingerprint density at radius 3 is 2.41 bits per heavy atom. The lowest BCUT2D eigenvalue weighted by Gasteiger charge is -2.10. The molecule has 0 unspecified atom stereocenters. The maximum absolute atomic E-state index is 13.2. The van der Waals surface area contributed by atoms with Gasteiger partial charge in [0.2, 0.25) is 5.91 Å². The van der Waals surface area contributed by atoms with Gasteiger partial charge in [-0.3, -0.25) is 4.79 Å². The topological polar surface area (TPSA) is 46.9 Å². The summed E-state index contributed by atoms with van der Waals surface area (Å²) in [6.07, 6.45) is -3.90. The molecule has 176 valence electrons. The van der Waals surface area contributed by atoms with Gasteiger partial charge in [0.25, 0.3) is 0 Å². The number of imidazole rings is 1. The predicted molar refractivity (Wildman–Crippen MR) is 124 cm³/mol. The molecule has 0 saturated heterocycles. The molecule has 0 bridgehead atoms. The van der Waals surface area contributed by atoms with Gasteiger partial charge in [-0.1, -0.05) is 54.2 Å². The first-order valence-electron chi connectivity index (χ1n) is 10.5. The summed E-state index contributed by atoms with van der Waals surface area (Å²) in [6, 6.07) is 19.1. The second-order valence-corrected chi connectivity index (χ2v) is 8.62. The van der Waals surface area contributed by atoms with Crippen LogP contribution in [0.1, 0.15) is 16.7 Å². The Bertz CT molecular complexity index is 1270. The van der Waals surface area contributed by atoms with Crippen LogP contribution in [0.15, 0.2) is 78.0 Å². The average Bonchev–Trinajstić information content (AvgIpc) is 3.16. The number of halogens is 4. The number of rotatable bonds is 8. The van der Waals surface area contributed by atoms with Crippen molar-refractivity contribution in [1.29, 1.82) is 0 Å². The number of aromatic nitrogens is 2. The summed E-state index contributed by atoms with van der Waals surface area (Å²) in [5.74, 6) is -0.473. The molecule has 0 aliphatic heterocycles. The monoisotopic (exact) mass is 487 g/mol. The summed E-state index contributed by atoms with van der Waals surface area (Å²) < 4.78 is 54.3. The first kappa shape index (κ1) is 23.8. The Balaban J connectivity index is 1.47. The number of carbonyl (C=O) groups is 1. The molecule has 4 rings (SSSR count). The van der Waals surface area contributed by atoms with Crippen molar-refractivity contribution < 1.29 is 22.4 Å². The van der Waals surface area contributed by atoms with Crippen molar-refractivity contribution in [3.63, 3.8) is 0 Å². The van der Waals surface area contributed by atoms with Crippen LogP contribution in [0, 0.1) is 5.82 Å². The molecule has 9 heteroatoms. The van der Waals surface area contributed by atoms with Gasteiger partial charge in [0.1, 0.15) is 5.82 Å². The number of benzene rings is 3. The fourth-order valence-corrected chi connectivity index (χ4v) is 4.34. The molecule has 0 fully saturated rings. The molecule has 0 atom stereocenters. The molecule has 1 aromatic heterocycles. The maximum Gasteiger partial charge on any atom is 0.416 e. The molecule has 1 heterocycles. The molecule has 0 aliphatic rings. The van der Waals surface area contributed by atoms with Gasteiger partial charge < -0.3 is 9.88 Å². The predicted octanol–water partition coefficient (Wildman–Crippen LogP) is 5.69. The zero-order chi connectivity index (χ0) is 24.1. The Morgan fingerprint density at radius 1 is 0.971 bits per heavy atom. The summed E-state index contributed by atoms with van der Waals surface area (Å²) in [4.78, 5) is 16.8. The van der Waals surface area contributed by atoms with E-state index in [1.807, 2.05) is 34.9 Å². The number of nitrogens with zero attached hydrogens (tertiary/aromatic N) is 2. The molecule has 0 spiro atoms. The molecule has 0 saturated carbocycles. The quantitative estimate of drug-likeness (QED) is 0.256. The standard InChI is InChI=1S/C25H21F4N3OS/c26-20-9-6-17(7-10-20)12-13-30-23(33)16-34-24-31-21-14-19(25(27,28)29)8-11-22(21)32(24)15-18-4-2-1-3-5-18/h1-11,14H,12-13,15-16H2,(H,30,33). The molecule has 4 nitrogen and oxygen atoms in total. The first-order valence-corrected chi connectivity index (χ1v) is 11.5. The van der Waals surface area contributed by atoms with Crippen LogP contribution in [0.3, 0.4) is 0 Å². The SMILES string of the molecule is O=C(CSc1nc2cc(C(F)(F)F)ccc2n1Cc1ccccc1)NCCc1ccc(F)cc1. The first-order chi connectivity index (χ1) is 16.3. The fourth-order valence-electron chi connectivity index (χ4n) is 3.49. The van der Waals surface area contributed by atoms with Crippen molar-refractivity contribution in [2.45, 2.75) is 24.3 Å². The number of amides is 1. The van der Waals surface area contributed by atoms with Crippen LogP contribution in [0.4, 0.5) is 17.6 Å². The second kappa shape index (κ2) is 10.3. The Labute approximate surface area is 198 Å². The molecular formula is C25H21F4N3OS. The summed E-state index contributed by atoms with van der Waals surface area (Å²) >= 11 is 1.17. The summed E-state index contributed by atoms with van der Waals surface area (Å²) in [6.45, 7) is 0.803. The van der Waals surface area contributed by atoms with Gasteiger partial charge in [-0.25, -0.2) is 9.37 Å². The molecule has 0 radical (unpaired) electrons. The van der Waals surface area contributed by atoms with E-state index in [4.69, 9.17) is 0 Å². The highest BCUT2D eigenvalue weighted by Crippen LogP contribution is 2.33. The van der Waals surface area contributed by atoms with Crippen LogP contribution in [0.5, 0.6) is 0 Å². The number of carbonyl (C=O) groups excluding carboxylic acids is 1. The van der Waals surface area contributed by atoms with Crippen molar-refractivity contribution in [1.82, 2.24) is 14.9 Å². The lowest BCUT2D eigenvalue weighted by Crippen LogP contribution is -2.27. The van der Waals surface area contributed by atoms with E-state index in [1.165, 1.54) is 30.0 Å². The highest BCUT2D eigenvalue weighted by molar-refractivity contribution is 7.99. The fraction of sp³-hybridized carbons (Fsp3) is 0.200. The lowest BCUT2D eigenvalue weighted by molar-refractivity contribution is -0.137. The lowest BCUT2D eigenvalue weighted by atomic mass is 10.1. The van der Waals surface area contributed by atoms with Crippen molar-refractivity contribution in [2.24, 2.45) is 0 Å². The number of hydrogen-bond acceptors (Lipinski definition) is 3. The van der Waals surface area contributed by atoms with Gasteiger partial charge in [0.15, 0.2) is 5.16 Å². The molecule has 3 aromatic carbocycles. The van der Waals surface area contributed by atoms with Crippen LogP contribution in [-0.2, 0) is 23.9 Å². The van der Waals surface area contributed by atoms with E-state index in [0.717, 1.165) is 23.3 Å². The normalized spacial score (nSPS) is 11.6. The van der Waals surface area contributed by atoms with Gasteiger partial charge >= 0.3 is 6.18 Å². The maximum atomic E-state index is 13.2. The smallest absolute Gasteiger partial charge is 0.355 e. The zero-order valence-corrected chi connectivity index (χ0v) is 18.8. The molecule has 0 aliphatic carbocycles. The third-order valence-electron chi connectivity index (χ3n) is 5.21. The minimum absolute atomic E-state index is 0.0632. The average molecular weight is 488 g/mol. The van der Waals surface area contributed by atoms with Gasteiger partial charge in [-0.2, -0.15) is 13.2 Å². The van der Waals surface area contributed by atoms with E-state index >= 15 is 0 Å². The molecule has 1 amide bonds. The van der Waals surface area contributed by atoms with Crippen LogP contribution < -0.4 is 5.32 Å². The Morgan fingerprint density at radius 2 is 1.71 bits per heavy atom. The number of nitrogens with one attached hydrogen (secondary N) is 1.